The van der Waals surface area contributed by atoms with Crippen LogP contribution in [0, 0.1) is 5.82 Å². The van der Waals surface area contributed by atoms with Gasteiger partial charge in [0.15, 0.2) is 0 Å². The number of rotatable bonds is 7. The van der Waals surface area contributed by atoms with Gasteiger partial charge in [-0.15, -0.1) is 0 Å². The van der Waals surface area contributed by atoms with E-state index in [0.29, 0.717) is 32.4 Å². The zero-order chi connectivity index (χ0) is 25.1. The lowest BCUT2D eigenvalue weighted by molar-refractivity contribution is -0.134. The second-order valence-electron chi connectivity index (χ2n) is 9.96. The second kappa shape index (κ2) is 10.3. The molecule has 184 valence electrons. The number of halogens is 1. The smallest absolute Gasteiger partial charge is 0.237 e. The van der Waals surface area contributed by atoms with Gasteiger partial charge in [0.25, 0.3) is 0 Å². The minimum Gasteiger partial charge on any atom is -0.385 e. The summed E-state index contributed by atoms with van der Waals surface area (Å²) >= 11 is 0. The van der Waals surface area contributed by atoms with E-state index in [2.05, 4.69) is 11.8 Å². The summed E-state index contributed by atoms with van der Waals surface area (Å²) < 4.78 is 13.4. The highest BCUT2D eigenvalue weighted by atomic mass is 19.1. The van der Waals surface area contributed by atoms with Crippen LogP contribution in [0.25, 0.3) is 0 Å². The molecule has 0 bridgehead atoms. The molecule has 5 heteroatoms. The molecule has 1 aliphatic rings. The molecule has 1 saturated heterocycles. The fraction of sp³-hybridized carbons (Fsp3) is 0.367. The number of aliphatic hydroxyl groups is 1. The number of nitrogens with zero attached hydrogens (tertiary/aromatic N) is 2. The summed E-state index contributed by atoms with van der Waals surface area (Å²) in [5, 5.41) is 11.3. The van der Waals surface area contributed by atoms with Crippen molar-refractivity contribution in [2.45, 2.75) is 43.2 Å². The van der Waals surface area contributed by atoms with E-state index in [4.69, 9.17) is 0 Å². The Morgan fingerprint density at radius 2 is 1.43 bits per heavy atom. The Kier molecular flexibility index (Phi) is 7.39. The van der Waals surface area contributed by atoms with Gasteiger partial charge in [-0.05, 0) is 55.0 Å². The highest BCUT2D eigenvalue weighted by Gasteiger charge is 2.45. The Bertz CT molecular complexity index is 1070. The third kappa shape index (κ3) is 5.02. The van der Waals surface area contributed by atoms with E-state index in [1.54, 1.807) is 17.0 Å². The predicted molar refractivity (Wildman–Crippen MR) is 138 cm³/mol. The predicted octanol–water partition coefficient (Wildman–Crippen LogP) is 4.96. The van der Waals surface area contributed by atoms with Crippen LogP contribution in [0.5, 0.6) is 0 Å². The molecule has 0 spiro atoms. The highest BCUT2D eigenvalue weighted by Crippen LogP contribution is 2.41. The van der Waals surface area contributed by atoms with Gasteiger partial charge in [-0.1, -0.05) is 72.8 Å². The molecule has 0 aromatic heterocycles. The Hall–Kier alpha value is -3.02. The number of carbonyl (C=O) groups is 1. The van der Waals surface area contributed by atoms with E-state index in [-0.39, 0.29) is 17.8 Å². The van der Waals surface area contributed by atoms with Crippen molar-refractivity contribution in [2.24, 2.45) is 0 Å². The molecule has 3 aromatic carbocycles. The Labute approximate surface area is 208 Å². The van der Waals surface area contributed by atoms with Gasteiger partial charge in [-0.25, -0.2) is 4.39 Å². The van der Waals surface area contributed by atoms with Crippen LogP contribution < -0.4 is 0 Å². The summed E-state index contributed by atoms with van der Waals surface area (Å²) in [7, 11) is 3.63. The lowest BCUT2D eigenvalue weighted by atomic mass is 9.69. The van der Waals surface area contributed by atoms with Crippen molar-refractivity contribution < 1.29 is 14.3 Å². The van der Waals surface area contributed by atoms with Crippen molar-refractivity contribution in [1.82, 2.24) is 9.80 Å². The topological polar surface area (TPSA) is 43.8 Å². The minimum atomic E-state index is -0.959. The third-order valence-electron chi connectivity index (χ3n) is 7.54. The lowest BCUT2D eigenvalue weighted by Gasteiger charge is -2.44. The van der Waals surface area contributed by atoms with E-state index < -0.39 is 11.0 Å². The molecular formula is C30H35FN2O2. The fourth-order valence-electron chi connectivity index (χ4n) is 5.52. The largest absolute Gasteiger partial charge is 0.385 e. The van der Waals surface area contributed by atoms with Gasteiger partial charge in [0, 0.05) is 33.2 Å². The number of hydrogen-bond acceptors (Lipinski definition) is 3. The van der Waals surface area contributed by atoms with E-state index >= 15 is 0 Å². The molecule has 0 saturated carbocycles. The number of likely N-dealkylation sites (N-methyl/N-ethyl adjacent to an activating group) is 1. The summed E-state index contributed by atoms with van der Waals surface area (Å²) in [5.74, 6) is -0.242. The summed E-state index contributed by atoms with van der Waals surface area (Å²) in [4.78, 5) is 18.0. The van der Waals surface area contributed by atoms with Crippen LogP contribution in [0.15, 0.2) is 84.9 Å². The van der Waals surface area contributed by atoms with Crippen LogP contribution in [0.1, 0.15) is 42.9 Å². The molecule has 4 nitrogen and oxygen atoms in total. The molecule has 1 N–H and O–H groups in total. The van der Waals surface area contributed by atoms with Gasteiger partial charge >= 0.3 is 0 Å². The maximum atomic E-state index is 13.9. The lowest BCUT2D eigenvalue weighted by Crippen LogP contribution is -2.52. The van der Waals surface area contributed by atoms with E-state index in [1.165, 1.54) is 12.1 Å². The first-order valence-corrected chi connectivity index (χ1v) is 12.3. The zero-order valence-electron chi connectivity index (χ0n) is 20.8. The number of carbonyl (C=O) groups excluding carboxylic acids is 1. The Morgan fingerprint density at radius 3 is 1.89 bits per heavy atom. The molecule has 1 unspecified atom stereocenters. The van der Waals surface area contributed by atoms with Crippen LogP contribution in [-0.2, 0) is 15.8 Å². The first-order chi connectivity index (χ1) is 16.8. The number of hydrogen-bond donors (Lipinski definition) is 1. The van der Waals surface area contributed by atoms with Gasteiger partial charge < -0.3 is 14.9 Å². The quantitative estimate of drug-likeness (QED) is 0.526. The standard InChI is InChI=1S/C30H35FN2O2/c1-23(33-20-18-29(35,19-21-33)24-14-16-27(31)17-15-24)22-30(28(34)32(2)3,25-10-6-4-7-11-25)26-12-8-5-9-13-26/h4-17,23,35H,18-22H2,1-3H3. The SMILES string of the molecule is CC(CC(C(=O)N(C)C)(c1ccccc1)c1ccccc1)N1CCC(O)(c2ccc(F)cc2)CC1. The molecule has 0 radical (unpaired) electrons. The average Bonchev–Trinajstić information content (AvgIpc) is 2.88. The number of likely N-dealkylation sites (tertiary alicyclic amines) is 1. The molecule has 3 aromatic rings. The number of amides is 1. The summed E-state index contributed by atoms with van der Waals surface area (Å²) in [6, 6.07) is 26.4. The summed E-state index contributed by atoms with van der Waals surface area (Å²) in [6.45, 7) is 3.57. The normalized spacial score (nSPS) is 17.1. The Morgan fingerprint density at radius 1 is 0.943 bits per heavy atom. The van der Waals surface area contributed by atoms with E-state index in [0.717, 1.165) is 16.7 Å². The van der Waals surface area contributed by atoms with Crippen molar-refractivity contribution >= 4 is 5.91 Å². The van der Waals surface area contributed by atoms with Gasteiger partial charge in [-0.3, -0.25) is 4.79 Å². The molecule has 1 amide bonds. The van der Waals surface area contributed by atoms with Crippen molar-refractivity contribution in [3.05, 3.63) is 107 Å². The first kappa shape index (κ1) is 25.1. The van der Waals surface area contributed by atoms with Crippen molar-refractivity contribution in [2.75, 3.05) is 27.2 Å². The molecule has 1 aliphatic heterocycles. The average molecular weight is 475 g/mol. The van der Waals surface area contributed by atoms with Crippen LogP contribution in [0.4, 0.5) is 4.39 Å². The van der Waals surface area contributed by atoms with Crippen molar-refractivity contribution in [3.63, 3.8) is 0 Å². The third-order valence-corrected chi connectivity index (χ3v) is 7.54. The van der Waals surface area contributed by atoms with Crippen molar-refractivity contribution in [1.29, 1.82) is 0 Å². The van der Waals surface area contributed by atoms with Gasteiger partial charge in [0.1, 0.15) is 11.2 Å². The molecule has 4 rings (SSSR count). The van der Waals surface area contributed by atoms with Crippen LogP contribution >= 0.6 is 0 Å². The van der Waals surface area contributed by atoms with Gasteiger partial charge in [0.2, 0.25) is 5.91 Å². The van der Waals surface area contributed by atoms with Gasteiger partial charge in [0.05, 0.1) is 5.60 Å². The first-order valence-electron chi connectivity index (χ1n) is 12.3. The van der Waals surface area contributed by atoms with Crippen molar-refractivity contribution in [3.8, 4) is 0 Å². The maximum Gasteiger partial charge on any atom is 0.237 e. The highest BCUT2D eigenvalue weighted by molar-refractivity contribution is 5.92. The van der Waals surface area contributed by atoms with E-state index in [9.17, 15) is 14.3 Å². The molecule has 1 fully saturated rings. The fourth-order valence-corrected chi connectivity index (χ4v) is 5.52. The Balaban J connectivity index is 1.63. The second-order valence-corrected chi connectivity index (χ2v) is 9.96. The van der Waals surface area contributed by atoms with Crippen LogP contribution in [0.3, 0.4) is 0 Å². The number of benzene rings is 3. The van der Waals surface area contributed by atoms with Crippen LogP contribution in [-0.4, -0.2) is 54.0 Å². The maximum absolute atomic E-state index is 13.9. The summed E-state index contributed by atoms with van der Waals surface area (Å²) in [6.07, 6.45) is 1.75. The monoisotopic (exact) mass is 474 g/mol. The zero-order valence-corrected chi connectivity index (χ0v) is 20.8. The molecule has 0 aliphatic carbocycles. The summed E-state index contributed by atoms with van der Waals surface area (Å²) in [5.41, 5.74) is 0.945. The molecular weight excluding hydrogens is 439 g/mol. The van der Waals surface area contributed by atoms with Gasteiger partial charge in [-0.2, -0.15) is 0 Å². The molecule has 1 atom stereocenters. The minimum absolute atomic E-state index is 0.0570. The van der Waals surface area contributed by atoms with E-state index in [1.807, 2.05) is 74.8 Å². The van der Waals surface area contributed by atoms with Crippen LogP contribution in [0.2, 0.25) is 0 Å². The molecule has 35 heavy (non-hydrogen) atoms. The number of piperidine rings is 1. The molecule has 1 heterocycles.